The standard InChI is InChI=1S/C12H17NO3/c14-12(15)10-1-3-11(4-2-10)13-7-9-5-6-16-8-9/h5-6,8,10-11,13H,1-4,7H2,(H,14,15). The van der Waals surface area contributed by atoms with Crippen molar-refractivity contribution in [3.05, 3.63) is 24.2 Å². The van der Waals surface area contributed by atoms with Crippen LogP contribution in [0.5, 0.6) is 0 Å². The van der Waals surface area contributed by atoms with E-state index in [0.717, 1.165) is 37.8 Å². The number of carboxylic acid groups (broad SMARTS) is 1. The molecule has 2 rings (SSSR count). The fraction of sp³-hybridized carbons (Fsp3) is 0.583. The third-order valence-corrected chi connectivity index (χ3v) is 3.25. The Morgan fingerprint density at radius 3 is 2.75 bits per heavy atom. The molecular weight excluding hydrogens is 206 g/mol. The predicted molar refractivity (Wildman–Crippen MR) is 58.9 cm³/mol. The first-order valence-electron chi connectivity index (χ1n) is 5.73. The zero-order valence-electron chi connectivity index (χ0n) is 9.19. The molecule has 0 aromatic carbocycles. The summed E-state index contributed by atoms with van der Waals surface area (Å²) in [5.74, 6) is -0.778. The molecule has 1 aromatic heterocycles. The van der Waals surface area contributed by atoms with Gasteiger partial charge in [0.25, 0.3) is 0 Å². The van der Waals surface area contributed by atoms with Gasteiger partial charge in [0, 0.05) is 18.2 Å². The maximum atomic E-state index is 10.8. The molecular formula is C12H17NO3. The lowest BCUT2D eigenvalue weighted by molar-refractivity contribution is -0.142. The summed E-state index contributed by atoms with van der Waals surface area (Å²) in [6.07, 6.45) is 6.88. The molecule has 0 atom stereocenters. The van der Waals surface area contributed by atoms with Crippen molar-refractivity contribution in [2.45, 2.75) is 38.3 Å². The number of rotatable bonds is 4. The van der Waals surface area contributed by atoms with Crippen LogP contribution in [0.1, 0.15) is 31.2 Å². The Labute approximate surface area is 94.6 Å². The third kappa shape index (κ3) is 2.85. The summed E-state index contributed by atoms with van der Waals surface area (Å²) in [5, 5.41) is 12.3. The zero-order chi connectivity index (χ0) is 11.4. The van der Waals surface area contributed by atoms with E-state index in [2.05, 4.69) is 5.32 Å². The summed E-state index contributed by atoms with van der Waals surface area (Å²) in [5.41, 5.74) is 1.14. The summed E-state index contributed by atoms with van der Waals surface area (Å²) in [7, 11) is 0. The van der Waals surface area contributed by atoms with Crippen LogP contribution < -0.4 is 5.32 Å². The Bertz CT molecular complexity index is 326. The van der Waals surface area contributed by atoms with Crippen LogP contribution in [0.25, 0.3) is 0 Å². The Balaban J connectivity index is 1.71. The lowest BCUT2D eigenvalue weighted by Gasteiger charge is -2.26. The van der Waals surface area contributed by atoms with Crippen molar-refractivity contribution in [3.8, 4) is 0 Å². The molecule has 0 amide bonds. The van der Waals surface area contributed by atoms with E-state index in [1.807, 2.05) is 6.07 Å². The van der Waals surface area contributed by atoms with Crippen LogP contribution in [0.2, 0.25) is 0 Å². The molecule has 0 bridgehead atoms. The maximum Gasteiger partial charge on any atom is 0.306 e. The van der Waals surface area contributed by atoms with Crippen molar-refractivity contribution in [1.29, 1.82) is 0 Å². The van der Waals surface area contributed by atoms with Crippen LogP contribution in [0.15, 0.2) is 23.0 Å². The number of aliphatic carboxylic acids is 1. The van der Waals surface area contributed by atoms with Gasteiger partial charge in [-0.1, -0.05) is 0 Å². The lowest BCUT2D eigenvalue weighted by Crippen LogP contribution is -2.34. The first-order chi connectivity index (χ1) is 7.75. The highest BCUT2D eigenvalue weighted by molar-refractivity contribution is 5.70. The molecule has 0 saturated heterocycles. The highest BCUT2D eigenvalue weighted by Crippen LogP contribution is 2.24. The number of carbonyl (C=O) groups is 1. The Kier molecular flexibility index (Phi) is 3.62. The van der Waals surface area contributed by atoms with Crippen LogP contribution in [-0.4, -0.2) is 17.1 Å². The molecule has 4 nitrogen and oxygen atoms in total. The Morgan fingerprint density at radius 2 is 2.19 bits per heavy atom. The van der Waals surface area contributed by atoms with Crippen molar-refractivity contribution in [1.82, 2.24) is 5.32 Å². The molecule has 1 aromatic rings. The summed E-state index contributed by atoms with van der Waals surface area (Å²) in [6, 6.07) is 2.39. The van der Waals surface area contributed by atoms with Crippen LogP contribution in [0.4, 0.5) is 0 Å². The van der Waals surface area contributed by atoms with E-state index in [1.165, 1.54) is 0 Å². The number of hydrogen-bond acceptors (Lipinski definition) is 3. The van der Waals surface area contributed by atoms with Crippen molar-refractivity contribution >= 4 is 5.97 Å². The molecule has 1 saturated carbocycles. The molecule has 0 unspecified atom stereocenters. The van der Waals surface area contributed by atoms with Crippen molar-refractivity contribution in [3.63, 3.8) is 0 Å². The molecule has 0 radical (unpaired) electrons. The SMILES string of the molecule is O=C(O)C1CCC(NCc2ccoc2)CC1. The Morgan fingerprint density at radius 1 is 1.44 bits per heavy atom. The van der Waals surface area contributed by atoms with E-state index in [9.17, 15) is 4.79 Å². The first kappa shape index (κ1) is 11.2. The van der Waals surface area contributed by atoms with E-state index >= 15 is 0 Å². The number of furan rings is 1. The number of hydrogen-bond donors (Lipinski definition) is 2. The van der Waals surface area contributed by atoms with Gasteiger partial charge in [-0.25, -0.2) is 0 Å². The van der Waals surface area contributed by atoms with Gasteiger partial charge in [0.2, 0.25) is 0 Å². The van der Waals surface area contributed by atoms with Crippen LogP contribution in [0.3, 0.4) is 0 Å². The molecule has 88 valence electrons. The monoisotopic (exact) mass is 223 g/mol. The van der Waals surface area contributed by atoms with E-state index in [4.69, 9.17) is 9.52 Å². The van der Waals surface area contributed by atoms with E-state index in [1.54, 1.807) is 12.5 Å². The largest absolute Gasteiger partial charge is 0.481 e. The van der Waals surface area contributed by atoms with E-state index < -0.39 is 5.97 Å². The third-order valence-electron chi connectivity index (χ3n) is 3.25. The van der Waals surface area contributed by atoms with Gasteiger partial charge in [0.1, 0.15) is 0 Å². The fourth-order valence-electron chi connectivity index (χ4n) is 2.20. The minimum Gasteiger partial charge on any atom is -0.481 e. The summed E-state index contributed by atoms with van der Waals surface area (Å²) >= 11 is 0. The molecule has 4 heteroatoms. The van der Waals surface area contributed by atoms with Gasteiger partial charge in [-0.2, -0.15) is 0 Å². The molecule has 1 fully saturated rings. The van der Waals surface area contributed by atoms with Crippen molar-refractivity contribution in [2.75, 3.05) is 0 Å². The molecule has 16 heavy (non-hydrogen) atoms. The second-order valence-electron chi connectivity index (χ2n) is 4.40. The second-order valence-corrected chi connectivity index (χ2v) is 4.40. The topological polar surface area (TPSA) is 62.5 Å². The second kappa shape index (κ2) is 5.16. The van der Waals surface area contributed by atoms with Gasteiger partial charge >= 0.3 is 5.97 Å². The van der Waals surface area contributed by atoms with Gasteiger partial charge in [0.05, 0.1) is 18.4 Å². The van der Waals surface area contributed by atoms with Gasteiger partial charge in [-0.15, -0.1) is 0 Å². The minimum atomic E-state index is -0.645. The smallest absolute Gasteiger partial charge is 0.306 e. The van der Waals surface area contributed by atoms with Gasteiger partial charge in [0.15, 0.2) is 0 Å². The minimum absolute atomic E-state index is 0.132. The predicted octanol–water partition coefficient (Wildman–Crippen LogP) is 2.01. The van der Waals surface area contributed by atoms with Gasteiger partial charge in [-0.05, 0) is 31.7 Å². The normalized spacial score (nSPS) is 25.5. The van der Waals surface area contributed by atoms with Crippen molar-refractivity contribution in [2.24, 2.45) is 5.92 Å². The summed E-state index contributed by atoms with van der Waals surface area (Å²) < 4.78 is 4.99. The zero-order valence-corrected chi connectivity index (χ0v) is 9.19. The van der Waals surface area contributed by atoms with Crippen LogP contribution in [-0.2, 0) is 11.3 Å². The average molecular weight is 223 g/mol. The van der Waals surface area contributed by atoms with Crippen molar-refractivity contribution < 1.29 is 14.3 Å². The highest BCUT2D eigenvalue weighted by atomic mass is 16.4. The van der Waals surface area contributed by atoms with E-state index in [0.29, 0.717) is 6.04 Å². The summed E-state index contributed by atoms with van der Waals surface area (Å²) in [4.78, 5) is 10.8. The fourth-order valence-corrected chi connectivity index (χ4v) is 2.20. The maximum absolute atomic E-state index is 10.8. The molecule has 2 N–H and O–H groups in total. The molecule has 0 spiro atoms. The molecule has 1 aliphatic rings. The molecule has 1 aliphatic carbocycles. The Hall–Kier alpha value is -1.29. The molecule has 0 aliphatic heterocycles. The van der Waals surface area contributed by atoms with Crippen LogP contribution in [0, 0.1) is 5.92 Å². The van der Waals surface area contributed by atoms with Crippen LogP contribution >= 0.6 is 0 Å². The number of carboxylic acids is 1. The molecule has 1 heterocycles. The average Bonchev–Trinajstić information content (AvgIpc) is 2.80. The first-order valence-corrected chi connectivity index (χ1v) is 5.73. The summed E-state index contributed by atoms with van der Waals surface area (Å²) in [6.45, 7) is 0.804. The quantitative estimate of drug-likeness (QED) is 0.819. The highest BCUT2D eigenvalue weighted by Gasteiger charge is 2.25. The van der Waals surface area contributed by atoms with Gasteiger partial charge < -0.3 is 14.8 Å². The number of nitrogens with one attached hydrogen (secondary N) is 1. The van der Waals surface area contributed by atoms with Gasteiger partial charge in [-0.3, -0.25) is 4.79 Å². The lowest BCUT2D eigenvalue weighted by atomic mass is 9.86. The van der Waals surface area contributed by atoms with E-state index in [-0.39, 0.29) is 5.92 Å².